The second-order valence-electron chi connectivity index (χ2n) is 6.17. The molecular formula is C18H14F3N3O2S. The number of carbonyl (C=O) groups excluding carboxylic acids is 1. The van der Waals surface area contributed by atoms with Gasteiger partial charge in [0.05, 0.1) is 12.8 Å². The zero-order valence-electron chi connectivity index (χ0n) is 14.3. The molecule has 2 heterocycles. The quantitative estimate of drug-likeness (QED) is 0.822. The van der Waals surface area contributed by atoms with Crippen molar-refractivity contribution in [3.8, 4) is 5.75 Å². The molecule has 140 valence electrons. The van der Waals surface area contributed by atoms with Gasteiger partial charge < -0.3 is 10.1 Å². The van der Waals surface area contributed by atoms with Crippen molar-refractivity contribution in [2.24, 2.45) is 4.99 Å². The molecule has 1 N–H and O–H groups in total. The maximum absolute atomic E-state index is 14.1. The van der Waals surface area contributed by atoms with E-state index in [1.165, 1.54) is 19.2 Å². The lowest BCUT2D eigenvalue weighted by atomic mass is 9.97. The van der Waals surface area contributed by atoms with Crippen molar-refractivity contribution in [1.82, 2.24) is 5.32 Å². The van der Waals surface area contributed by atoms with Gasteiger partial charge in [-0.1, -0.05) is 29.8 Å². The fourth-order valence-electron chi connectivity index (χ4n) is 3.02. The summed E-state index contributed by atoms with van der Waals surface area (Å²) in [6.45, 7) is 1.77. The number of alkyl halides is 3. The molecule has 2 aromatic rings. The number of hydrogen-bond acceptors (Lipinski definition) is 4. The molecule has 2 aliphatic heterocycles. The van der Waals surface area contributed by atoms with E-state index < -0.39 is 17.9 Å². The molecule has 0 unspecified atom stereocenters. The number of hydrogen-bond donors (Lipinski definition) is 1. The number of amidine groups is 1. The summed E-state index contributed by atoms with van der Waals surface area (Å²) in [5.41, 5.74) is -1.70. The van der Waals surface area contributed by atoms with E-state index in [9.17, 15) is 18.0 Å². The lowest BCUT2D eigenvalue weighted by Crippen LogP contribution is -2.62. The number of carbonyl (C=O) groups is 1. The van der Waals surface area contributed by atoms with Gasteiger partial charge >= 0.3 is 12.2 Å². The smallest absolute Gasteiger partial charge is 0.436 e. The van der Waals surface area contributed by atoms with E-state index in [0.717, 1.165) is 22.2 Å². The van der Waals surface area contributed by atoms with E-state index in [0.29, 0.717) is 16.3 Å². The van der Waals surface area contributed by atoms with Crippen molar-refractivity contribution in [1.29, 1.82) is 0 Å². The Bertz CT molecular complexity index is 959. The van der Waals surface area contributed by atoms with E-state index in [-0.39, 0.29) is 10.7 Å². The van der Waals surface area contributed by atoms with Gasteiger partial charge in [-0.25, -0.2) is 14.7 Å². The number of aryl methyl sites for hydroxylation is 1. The average molecular weight is 393 g/mol. The van der Waals surface area contributed by atoms with E-state index in [1.807, 2.05) is 0 Å². The van der Waals surface area contributed by atoms with Gasteiger partial charge in [-0.2, -0.15) is 13.2 Å². The number of urea groups is 1. The molecule has 0 aliphatic carbocycles. The third-order valence-corrected chi connectivity index (χ3v) is 5.44. The first-order valence-corrected chi connectivity index (χ1v) is 8.79. The second kappa shape index (κ2) is 5.91. The van der Waals surface area contributed by atoms with Gasteiger partial charge in [-0.3, -0.25) is 0 Å². The van der Waals surface area contributed by atoms with Crippen LogP contribution in [0.4, 0.5) is 23.7 Å². The standard InChI is InChI=1S/C18H14F3N3O2S/c1-10-3-5-11(6-4-10)17(18(19,20)21)22-15(25)24-13-8-7-12(26-2)9-14(13)27-16(24)23-17/h3-9H,1-2H3,(H,22,25)/t17-/m1/s1. The Balaban J connectivity index is 1.87. The number of nitrogens with one attached hydrogen (secondary N) is 1. The summed E-state index contributed by atoms with van der Waals surface area (Å²) in [6.07, 6.45) is -4.82. The summed E-state index contributed by atoms with van der Waals surface area (Å²) in [5.74, 6) is 0.544. The Labute approximate surface area is 157 Å². The van der Waals surface area contributed by atoms with Crippen LogP contribution in [0.1, 0.15) is 11.1 Å². The summed E-state index contributed by atoms with van der Waals surface area (Å²) in [7, 11) is 1.49. The fourth-order valence-corrected chi connectivity index (χ4v) is 4.11. The molecule has 0 radical (unpaired) electrons. The monoisotopic (exact) mass is 393 g/mol. The van der Waals surface area contributed by atoms with Gasteiger partial charge in [0.2, 0.25) is 0 Å². The molecule has 9 heteroatoms. The van der Waals surface area contributed by atoms with Crippen LogP contribution in [-0.4, -0.2) is 24.5 Å². The normalized spacial score (nSPS) is 21.3. The molecule has 5 nitrogen and oxygen atoms in total. The Morgan fingerprint density at radius 1 is 1.19 bits per heavy atom. The van der Waals surface area contributed by atoms with Crippen molar-refractivity contribution < 1.29 is 22.7 Å². The molecule has 2 amide bonds. The first kappa shape index (κ1) is 17.7. The highest BCUT2D eigenvalue weighted by Gasteiger charge is 2.61. The summed E-state index contributed by atoms with van der Waals surface area (Å²) >= 11 is 1.00. The molecule has 0 saturated carbocycles. The van der Waals surface area contributed by atoms with Crippen LogP contribution in [0.15, 0.2) is 52.4 Å². The first-order chi connectivity index (χ1) is 12.7. The van der Waals surface area contributed by atoms with Crippen LogP contribution in [0.2, 0.25) is 0 Å². The number of benzene rings is 2. The van der Waals surface area contributed by atoms with E-state index in [4.69, 9.17) is 4.74 Å². The molecule has 1 atom stereocenters. The second-order valence-corrected chi connectivity index (χ2v) is 7.18. The first-order valence-electron chi connectivity index (χ1n) is 7.97. The molecule has 0 spiro atoms. The molecule has 0 aromatic heterocycles. The minimum absolute atomic E-state index is 0.0279. The molecule has 27 heavy (non-hydrogen) atoms. The minimum atomic E-state index is -4.82. The lowest BCUT2D eigenvalue weighted by molar-refractivity contribution is -0.195. The Morgan fingerprint density at radius 3 is 2.52 bits per heavy atom. The van der Waals surface area contributed by atoms with Gasteiger partial charge in [-0.15, -0.1) is 0 Å². The Morgan fingerprint density at radius 2 is 1.89 bits per heavy atom. The van der Waals surface area contributed by atoms with Gasteiger partial charge in [0.25, 0.3) is 5.66 Å². The highest BCUT2D eigenvalue weighted by atomic mass is 32.2. The number of anilines is 1. The van der Waals surface area contributed by atoms with Crippen LogP contribution in [-0.2, 0) is 5.66 Å². The number of halogens is 3. The summed E-state index contributed by atoms with van der Waals surface area (Å²) < 4.78 is 47.4. The lowest BCUT2D eigenvalue weighted by Gasteiger charge is -2.38. The highest BCUT2D eigenvalue weighted by Crippen LogP contribution is 2.49. The molecule has 0 saturated heterocycles. The number of ether oxygens (including phenoxy) is 1. The zero-order chi connectivity index (χ0) is 19.4. The van der Waals surface area contributed by atoms with E-state index >= 15 is 0 Å². The van der Waals surface area contributed by atoms with Crippen LogP contribution >= 0.6 is 11.8 Å². The predicted molar refractivity (Wildman–Crippen MR) is 96.2 cm³/mol. The molecule has 0 fully saturated rings. The van der Waals surface area contributed by atoms with Crippen molar-refractivity contribution in [2.45, 2.75) is 23.7 Å². The van der Waals surface area contributed by atoms with Crippen molar-refractivity contribution in [2.75, 3.05) is 12.0 Å². The molecular weight excluding hydrogens is 379 g/mol. The van der Waals surface area contributed by atoms with Crippen LogP contribution < -0.4 is 15.0 Å². The SMILES string of the molecule is COc1ccc2c(c1)SC1=N[C@](c3ccc(C)cc3)(C(F)(F)F)NC(=O)N12. The molecule has 4 rings (SSSR count). The zero-order valence-corrected chi connectivity index (χ0v) is 15.1. The molecule has 2 aromatic carbocycles. The Kier molecular flexibility index (Phi) is 3.88. The summed E-state index contributed by atoms with van der Waals surface area (Å²) in [6, 6.07) is 9.82. The van der Waals surface area contributed by atoms with E-state index in [1.54, 1.807) is 37.3 Å². The van der Waals surface area contributed by atoms with Gasteiger partial charge in [-0.05, 0) is 36.9 Å². The van der Waals surface area contributed by atoms with Crippen molar-refractivity contribution in [3.05, 3.63) is 53.6 Å². The fraction of sp³-hybridized carbons (Fsp3) is 0.222. The Hall–Kier alpha value is -2.68. The number of aliphatic imine (C=N–C) groups is 1. The number of methoxy groups -OCH3 is 1. The number of amides is 2. The maximum Gasteiger partial charge on any atom is 0.436 e. The van der Waals surface area contributed by atoms with Crippen LogP contribution in [0, 0.1) is 6.92 Å². The van der Waals surface area contributed by atoms with Gasteiger partial charge in [0.1, 0.15) is 5.75 Å². The molecule has 2 aliphatic rings. The number of nitrogens with zero attached hydrogens (tertiary/aromatic N) is 2. The summed E-state index contributed by atoms with van der Waals surface area (Å²) in [5, 5.41) is 2.05. The van der Waals surface area contributed by atoms with Crippen LogP contribution in [0.25, 0.3) is 0 Å². The number of fused-ring (bicyclic) bond motifs is 3. The topological polar surface area (TPSA) is 53.9 Å². The van der Waals surface area contributed by atoms with Crippen LogP contribution in [0.5, 0.6) is 5.75 Å². The average Bonchev–Trinajstić information content (AvgIpc) is 2.98. The van der Waals surface area contributed by atoms with E-state index in [2.05, 4.69) is 10.3 Å². The largest absolute Gasteiger partial charge is 0.497 e. The van der Waals surface area contributed by atoms with Gasteiger partial charge in [0.15, 0.2) is 5.17 Å². The molecule has 0 bridgehead atoms. The minimum Gasteiger partial charge on any atom is -0.497 e. The summed E-state index contributed by atoms with van der Waals surface area (Å²) in [4.78, 5) is 18.4. The van der Waals surface area contributed by atoms with Crippen LogP contribution in [0.3, 0.4) is 0 Å². The number of thioether (sulfide) groups is 1. The highest BCUT2D eigenvalue weighted by molar-refractivity contribution is 8.15. The van der Waals surface area contributed by atoms with Crippen molar-refractivity contribution >= 4 is 28.6 Å². The third kappa shape index (κ3) is 2.64. The van der Waals surface area contributed by atoms with Crippen molar-refractivity contribution in [3.63, 3.8) is 0 Å². The maximum atomic E-state index is 14.1. The third-order valence-electron chi connectivity index (χ3n) is 4.43. The predicted octanol–water partition coefficient (Wildman–Crippen LogP) is 4.41. The number of rotatable bonds is 2. The van der Waals surface area contributed by atoms with Gasteiger partial charge in [0, 0.05) is 10.5 Å².